The van der Waals surface area contributed by atoms with Crippen molar-refractivity contribution in [2.24, 2.45) is 5.84 Å². The number of anilines is 1. The van der Waals surface area contributed by atoms with E-state index in [1.165, 1.54) is 11.1 Å². The highest BCUT2D eigenvalue weighted by molar-refractivity contribution is 5.95. The molecule has 3 heteroatoms. The molecule has 0 aliphatic carbocycles. The second-order valence-electron chi connectivity index (χ2n) is 3.88. The van der Waals surface area contributed by atoms with Crippen LogP contribution in [0.3, 0.4) is 0 Å². The zero-order chi connectivity index (χ0) is 11.0. The van der Waals surface area contributed by atoms with Crippen LogP contribution in [0.1, 0.15) is 16.8 Å². The molecule has 0 radical (unpaired) electrons. The molecule has 0 saturated carbocycles. The van der Waals surface area contributed by atoms with Gasteiger partial charge < -0.3 is 5.43 Å². The van der Waals surface area contributed by atoms with E-state index < -0.39 is 0 Å². The van der Waals surface area contributed by atoms with Gasteiger partial charge in [0.1, 0.15) is 0 Å². The number of hydrogen-bond donors (Lipinski definition) is 2. The molecule has 1 aromatic carbocycles. The van der Waals surface area contributed by atoms with Crippen molar-refractivity contribution in [1.82, 2.24) is 4.98 Å². The van der Waals surface area contributed by atoms with Crippen molar-refractivity contribution >= 4 is 16.6 Å². The monoisotopic (exact) mass is 201 g/mol. The van der Waals surface area contributed by atoms with Gasteiger partial charge in [-0.05, 0) is 38.0 Å². The third-order valence-corrected chi connectivity index (χ3v) is 2.65. The number of fused-ring (bicyclic) bond motifs is 1. The highest BCUT2D eigenvalue weighted by Crippen LogP contribution is 2.27. The topological polar surface area (TPSA) is 50.9 Å². The number of nitrogens with two attached hydrogens (primary N) is 1. The van der Waals surface area contributed by atoms with E-state index in [-0.39, 0.29) is 0 Å². The summed E-state index contributed by atoms with van der Waals surface area (Å²) in [7, 11) is 0. The van der Waals surface area contributed by atoms with Crippen molar-refractivity contribution in [2.45, 2.75) is 20.8 Å². The number of hydrogen-bond acceptors (Lipinski definition) is 3. The zero-order valence-electron chi connectivity index (χ0n) is 9.26. The SMILES string of the molecule is Cc1cc(NN)c2c(C)ccc(C)c2n1. The molecule has 0 atom stereocenters. The van der Waals surface area contributed by atoms with Crippen LogP contribution in [-0.2, 0) is 0 Å². The zero-order valence-corrected chi connectivity index (χ0v) is 9.26. The molecule has 0 fully saturated rings. The van der Waals surface area contributed by atoms with E-state index in [2.05, 4.69) is 36.4 Å². The van der Waals surface area contributed by atoms with Crippen molar-refractivity contribution in [3.63, 3.8) is 0 Å². The van der Waals surface area contributed by atoms with Crippen LogP contribution >= 0.6 is 0 Å². The van der Waals surface area contributed by atoms with Gasteiger partial charge in [0.25, 0.3) is 0 Å². The molecule has 78 valence electrons. The van der Waals surface area contributed by atoms with Crippen LogP contribution in [0, 0.1) is 20.8 Å². The summed E-state index contributed by atoms with van der Waals surface area (Å²) >= 11 is 0. The van der Waals surface area contributed by atoms with Gasteiger partial charge in [-0.3, -0.25) is 10.8 Å². The van der Waals surface area contributed by atoms with E-state index in [1.54, 1.807) is 0 Å². The average molecular weight is 201 g/mol. The molecule has 0 amide bonds. The largest absolute Gasteiger partial charge is 0.323 e. The van der Waals surface area contributed by atoms with Crippen LogP contribution in [-0.4, -0.2) is 4.98 Å². The minimum absolute atomic E-state index is 0.943. The molecule has 3 nitrogen and oxygen atoms in total. The molecule has 0 bridgehead atoms. The predicted molar refractivity (Wildman–Crippen MR) is 63.8 cm³/mol. The number of aryl methyl sites for hydroxylation is 3. The maximum Gasteiger partial charge on any atom is 0.0758 e. The number of hydrazine groups is 1. The van der Waals surface area contributed by atoms with Gasteiger partial charge in [0, 0.05) is 11.1 Å². The van der Waals surface area contributed by atoms with E-state index >= 15 is 0 Å². The summed E-state index contributed by atoms with van der Waals surface area (Å²) in [5, 5.41) is 1.11. The summed E-state index contributed by atoms with van der Waals surface area (Å²) in [5.74, 6) is 5.53. The molecule has 0 aliphatic heterocycles. The van der Waals surface area contributed by atoms with E-state index in [4.69, 9.17) is 5.84 Å². The van der Waals surface area contributed by atoms with Crippen LogP contribution in [0.25, 0.3) is 10.9 Å². The summed E-state index contributed by atoms with van der Waals surface area (Å²) in [4.78, 5) is 4.55. The molecule has 15 heavy (non-hydrogen) atoms. The number of nitrogens with zero attached hydrogens (tertiary/aromatic N) is 1. The maximum absolute atomic E-state index is 5.53. The lowest BCUT2D eigenvalue weighted by atomic mass is 10.0. The Morgan fingerprint density at radius 1 is 1.13 bits per heavy atom. The van der Waals surface area contributed by atoms with Crippen molar-refractivity contribution in [1.29, 1.82) is 0 Å². The standard InChI is InChI=1S/C12H15N3/c1-7-4-5-8(2)12-11(7)10(15-13)6-9(3)14-12/h4-6H,13H2,1-3H3,(H,14,15). The van der Waals surface area contributed by atoms with Crippen molar-refractivity contribution in [3.8, 4) is 0 Å². The maximum atomic E-state index is 5.53. The summed E-state index contributed by atoms with van der Waals surface area (Å²) in [6, 6.07) is 6.15. The molecule has 0 spiro atoms. The summed E-state index contributed by atoms with van der Waals surface area (Å²) < 4.78 is 0. The fourth-order valence-electron chi connectivity index (χ4n) is 1.88. The van der Waals surface area contributed by atoms with Crippen LogP contribution in [0.15, 0.2) is 18.2 Å². The predicted octanol–water partition coefficient (Wildman–Crippen LogP) is 2.45. The van der Waals surface area contributed by atoms with Crippen molar-refractivity contribution in [3.05, 3.63) is 35.0 Å². The number of pyridine rings is 1. The number of nitrogen functional groups attached to an aromatic ring is 1. The Morgan fingerprint density at radius 3 is 2.47 bits per heavy atom. The van der Waals surface area contributed by atoms with Gasteiger partial charge in [0.15, 0.2) is 0 Å². The minimum Gasteiger partial charge on any atom is -0.323 e. The number of benzene rings is 1. The van der Waals surface area contributed by atoms with Gasteiger partial charge in [-0.25, -0.2) is 0 Å². The van der Waals surface area contributed by atoms with Crippen LogP contribution in [0.2, 0.25) is 0 Å². The Labute approximate surface area is 89.3 Å². The summed E-state index contributed by atoms with van der Waals surface area (Å²) in [6.07, 6.45) is 0. The highest BCUT2D eigenvalue weighted by Gasteiger charge is 2.07. The van der Waals surface area contributed by atoms with Gasteiger partial charge in [-0.1, -0.05) is 12.1 Å². The molecular formula is C12H15N3. The lowest BCUT2D eigenvalue weighted by Gasteiger charge is -2.11. The van der Waals surface area contributed by atoms with E-state index in [9.17, 15) is 0 Å². The highest BCUT2D eigenvalue weighted by atomic mass is 15.2. The molecule has 0 unspecified atom stereocenters. The van der Waals surface area contributed by atoms with Gasteiger partial charge >= 0.3 is 0 Å². The Morgan fingerprint density at radius 2 is 1.80 bits per heavy atom. The normalized spacial score (nSPS) is 10.7. The molecule has 2 rings (SSSR count). The first kappa shape index (κ1) is 9.93. The first-order chi connectivity index (χ1) is 7.13. The fraction of sp³-hybridized carbons (Fsp3) is 0.250. The van der Waals surface area contributed by atoms with E-state index in [1.807, 2.05) is 13.0 Å². The summed E-state index contributed by atoms with van der Waals surface area (Å²) in [5.41, 5.74) is 8.06. The second-order valence-corrected chi connectivity index (χ2v) is 3.88. The lowest BCUT2D eigenvalue weighted by molar-refractivity contribution is 1.22. The van der Waals surface area contributed by atoms with Crippen LogP contribution < -0.4 is 11.3 Å². The van der Waals surface area contributed by atoms with E-state index in [0.29, 0.717) is 0 Å². The Bertz CT molecular complexity index is 518. The first-order valence-electron chi connectivity index (χ1n) is 4.97. The van der Waals surface area contributed by atoms with Gasteiger partial charge in [-0.2, -0.15) is 0 Å². The molecule has 1 aromatic heterocycles. The number of nitrogens with one attached hydrogen (secondary N) is 1. The minimum atomic E-state index is 0.943. The third kappa shape index (κ3) is 1.55. The number of rotatable bonds is 1. The van der Waals surface area contributed by atoms with Crippen molar-refractivity contribution in [2.75, 3.05) is 5.43 Å². The molecule has 1 heterocycles. The van der Waals surface area contributed by atoms with E-state index in [0.717, 1.165) is 22.3 Å². The van der Waals surface area contributed by atoms with Crippen LogP contribution in [0.5, 0.6) is 0 Å². The molecule has 0 saturated heterocycles. The number of aromatic nitrogens is 1. The molecule has 3 N–H and O–H groups in total. The quantitative estimate of drug-likeness (QED) is 0.550. The molecular weight excluding hydrogens is 186 g/mol. The van der Waals surface area contributed by atoms with Gasteiger partial charge in [0.2, 0.25) is 0 Å². The average Bonchev–Trinajstić information content (AvgIpc) is 2.22. The smallest absolute Gasteiger partial charge is 0.0758 e. The van der Waals surface area contributed by atoms with Gasteiger partial charge in [0.05, 0.1) is 11.2 Å². The Balaban J connectivity index is 2.95. The first-order valence-corrected chi connectivity index (χ1v) is 4.97. The molecule has 0 aliphatic rings. The third-order valence-electron chi connectivity index (χ3n) is 2.65. The molecule has 2 aromatic rings. The second kappa shape index (κ2) is 3.51. The Hall–Kier alpha value is -1.61. The lowest BCUT2D eigenvalue weighted by Crippen LogP contribution is -2.08. The van der Waals surface area contributed by atoms with Gasteiger partial charge in [-0.15, -0.1) is 0 Å². The Kier molecular flexibility index (Phi) is 2.32. The fourth-order valence-corrected chi connectivity index (χ4v) is 1.88. The van der Waals surface area contributed by atoms with Crippen molar-refractivity contribution < 1.29 is 0 Å². The summed E-state index contributed by atoms with van der Waals surface area (Å²) in [6.45, 7) is 6.11. The van der Waals surface area contributed by atoms with Crippen LogP contribution in [0.4, 0.5) is 5.69 Å².